The molecule has 1 saturated carbocycles. The largest absolute Gasteiger partial charge is 0.349 e. The molecule has 2 aliphatic rings. The second-order valence-electron chi connectivity index (χ2n) is 5.68. The smallest absolute Gasteiger partial charge is 0.251 e. The summed E-state index contributed by atoms with van der Waals surface area (Å²) in [5, 5.41) is 6.58. The van der Waals surface area contributed by atoms with Gasteiger partial charge >= 0.3 is 0 Å². The number of hydrogen-bond donors (Lipinski definition) is 2. The first-order valence-electron chi connectivity index (χ1n) is 7.47. The van der Waals surface area contributed by atoms with Crippen molar-refractivity contribution >= 4 is 5.91 Å². The Hall–Kier alpha value is -1.35. The lowest BCUT2D eigenvalue weighted by Crippen LogP contribution is -2.37. The van der Waals surface area contributed by atoms with E-state index in [4.69, 9.17) is 0 Å². The van der Waals surface area contributed by atoms with Gasteiger partial charge in [-0.05, 0) is 43.0 Å². The van der Waals surface area contributed by atoms with Crippen LogP contribution in [0, 0.1) is 0 Å². The molecule has 1 amide bonds. The van der Waals surface area contributed by atoms with E-state index in [1.807, 2.05) is 12.1 Å². The molecule has 102 valence electrons. The Morgan fingerprint density at radius 2 is 2.05 bits per heavy atom. The van der Waals surface area contributed by atoms with Crippen LogP contribution in [-0.2, 0) is 13.0 Å². The fraction of sp³-hybridized carbons (Fsp3) is 0.562. The average molecular weight is 258 g/mol. The second kappa shape index (κ2) is 5.74. The fourth-order valence-electron chi connectivity index (χ4n) is 3.24. The average Bonchev–Trinajstić information content (AvgIpc) is 2.47. The highest BCUT2D eigenvalue weighted by atomic mass is 16.1. The normalized spacial score (nSPS) is 19.8. The van der Waals surface area contributed by atoms with E-state index < -0.39 is 0 Å². The molecule has 3 rings (SSSR count). The summed E-state index contributed by atoms with van der Waals surface area (Å²) in [7, 11) is 0. The van der Waals surface area contributed by atoms with Crippen LogP contribution in [0.25, 0.3) is 0 Å². The molecule has 0 spiro atoms. The predicted molar refractivity (Wildman–Crippen MR) is 76.2 cm³/mol. The Morgan fingerprint density at radius 3 is 2.89 bits per heavy atom. The van der Waals surface area contributed by atoms with Crippen molar-refractivity contribution in [3.63, 3.8) is 0 Å². The molecule has 2 N–H and O–H groups in total. The molecule has 1 aliphatic heterocycles. The summed E-state index contributed by atoms with van der Waals surface area (Å²) in [6.07, 6.45) is 7.12. The molecule has 1 aliphatic carbocycles. The van der Waals surface area contributed by atoms with E-state index in [9.17, 15) is 4.79 Å². The maximum Gasteiger partial charge on any atom is 0.251 e. The molecule has 0 saturated heterocycles. The van der Waals surface area contributed by atoms with Crippen molar-refractivity contribution in [1.29, 1.82) is 0 Å². The van der Waals surface area contributed by atoms with Crippen LogP contribution in [-0.4, -0.2) is 18.5 Å². The Bertz CT molecular complexity index is 464. The molecule has 1 aromatic carbocycles. The van der Waals surface area contributed by atoms with Gasteiger partial charge in [-0.25, -0.2) is 0 Å². The second-order valence-corrected chi connectivity index (χ2v) is 5.68. The van der Waals surface area contributed by atoms with Gasteiger partial charge in [-0.3, -0.25) is 4.79 Å². The van der Waals surface area contributed by atoms with Crippen molar-refractivity contribution in [2.24, 2.45) is 0 Å². The number of benzene rings is 1. The lowest BCUT2D eigenvalue weighted by atomic mass is 9.93. The molecule has 3 nitrogen and oxygen atoms in total. The third-order valence-electron chi connectivity index (χ3n) is 4.33. The quantitative estimate of drug-likeness (QED) is 0.855. The van der Waals surface area contributed by atoms with E-state index in [-0.39, 0.29) is 5.91 Å². The van der Waals surface area contributed by atoms with Crippen LogP contribution < -0.4 is 10.6 Å². The van der Waals surface area contributed by atoms with E-state index >= 15 is 0 Å². The van der Waals surface area contributed by atoms with Gasteiger partial charge in [-0.2, -0.15) is 0 Å². The Labute approximate surface area is 114 Å². The first kappa shape index (κ1) is 12.7. The van der Waals surface area contributed by atoms with Crippen LogP contribution in [0.2, 0.25) is 0 Å². The minimum absolute atomic E-state index is 0.118. The molecular formula is C16H22N2O. The van der Waals surface area contributed by atoms with Crippen molar-refractivity contribution in [2.45, 2.75) is 51.1 Å². The van der Waals surface area contributed by atoms with Crippen LogP contribution in [0.3, 0.4) is 0 Å². The fourth-order valence-corrected chi connectivity index (χ4v) is 3.24. The minimum atomic E-state index is 0.118. The first-order chi connectivity index (χ1) is 9.34. The van der Waals surface area contributed by atoms with Crippen molar-refractivity contribution in [3.05, 3.63) is 34.9 Å². The van der Waals surface area contributed by atoms with Gasteiger partial charge in [0, 0.05) is 18.2 Å². The highest BCUT2D eigenvalue weighted by molar-refractivity contribution is 5.96. The standard InChI is InChI=1S/C16H22N2O/c19-16(18-13-6-2-1-3-7-13)14-8-4-5-12-9-10-17-11-15(12)14/h4-5,8,13,17H,1-3,6-7,9-11H2,(H,18,19). The van der Waals surface area contributed by atoms with E-state index in [1.165, 1.54) is 30.4 Å². The van der Waals surface area contributed by atoms with E-state index in [1.54, 1.807) is 0 Å². The predicted octanol–water partition coefficient (Wildman–Crippen LogP) is 2.39. The van der Waals surface area contributed by atoms with Crippen molar-refractivity contribution in [1.82, 2.24) is 10.6 Å². The molecule has 19 heavy (non-hydrogen) atoms. The molecule has 0 bridgehead atoms. The molecule has 0 radical (unpaired) electrons. The third-order valence-corrected chi connectivity index (χ3v) is 4.33. The zero-order chi connectivity index (χ0) is 13.1. The number of nitrogens with one attached hydrogen (secondary N) is 2. The summed E-state index contributed by atoms with van der Waals surface area (Å²) in [6.45, 7) is 1.84. The van der Waals surface area contributed by atoms with Crippen LogP contribution in [0.15, 0.2) is 18.2 Å². The summed E-state index contributed by atoms with van der Waals surface area (Å²) in [6, 6.07) is 6.51. The van der Waals surface area contributed by atoms with Gasteiger partial charge in [0.15, 0.2) is 0 Å². The van der Waals surface area contributed by atoms with Crippen LogP contribution >= 0.6 is 0 Å². The van der Waals surface area contributed by atoms with Gasteiger partial charge in [0.1, 0.15) is 0 Å². The molecule has 1 heterocycles. The van der Waals surface area contributed by atoms with Crippen molar-refractivity contribution in [2.75, 3.05) is 6.54 Å². The SMILES string of the molecule is O=C(NC1CCCCC1)c1cccc2c1CNCC2. The number of fused-ring (bicyclic) bond motifs is 1. The molecule has 3 heteroatoms. The van der Waals surface area contributed by atoms with E-state index in [0.717, 1.165) is 37.9 Å². The number of amides is 1. The maximum atomic E-state index is 12.4. The highest BCUT2D eigenvalue weighted by Gasteiger charge is 2.20. The molecular weight excluding hydrogens is 236 g/mol. The minimum Gasteiger partial charge on any atom is -0.349 e. The highest BCUT2D eigenvalue weighted by Crippen LogP contribution is 2.21. The van der Waals surface area contributed by atoms with Gasteiger partial charge in [0.25, 0.3) is 5.91 Å². The Morgan fingerprint density at radius 1 is 1.21 bits per heavy atom. The molecule has 1 fully saturated rings. The monoisotopic (exact) mass is 258 g/mol. The van der Waals surface area contributed by atoms with Crippen LogP contribution in [0.1, 0.15) is 53.6 Å². The van der Waals surface area contributed by atoms with Crippen LogP contribution in [0.5, 0.6) is 0 Å². The van der Waals surface area contributed by atoms with Crippen molar-refractivity contribution < 1.29 is 4.79 Å². The third kappa shape index (κ3) is 2.81. The zero-order valence-electron chi connectivity index (χ0n) is 11.4. The number of carbonyl (C=O) groups is 1. The lowest BCUT2D eigenvalue weighted by Gasteiger charge is -2.25. The van der Waals surface area contributed by atoms with Gasteiger partial charge in [-0.15, -0.1) is 0 Å². The zero-order valence-corrected chi connectivity index (χ0v) is 11.4. The first-order valence-corrected chi connectivity index (χ1v) is 7.47. The van der Waals surface area contributed by atoms with Gasteiger partial charge in [-0.1, -0.05) is 31.4 Å². The number of hydrogen-bond acceptors (Lipinski definition) is 2. The molecule has 0 atom stereocenters. The topological polar surface area (TPSA) is 41.1 Å². The number of carbonyl (C=O) groups excluding carboxylic acids is 1. The summed E-state index contributed by atoms with van der Waals surface area (Å²) in [4.78, 5) is 12.4. The summed E-state index contributed by atoms with van der Waals surface area (Å²) in [5.41, 5.74) is 3.40. The van der Waals surface area contributed by atoms with Gasteiger partial charge in [0.05, 0.1) is 0 Å². The maximum absolute atomic E-state index is 12.4. The van der Waals surface area contributed by atoms with Gasteiger partial charge in [0.2, 0.25) is 0 Å². The lowest BCUT2D eigenvalue weighted by molar-refractivity contribution is 0.0926. The summed E-state index contributed by atoms with van der Waals surface area (Å²) >= 11 is 0. The van der Waals surface area contributed by atoms with Crippen molar-refractivity contribution in [3.8, 4) is 0 Å². The summed E-state index contributed by atoms with van der Waals surface area (Å²) < 4.78 is 0. The van der Waals surface area contributed by atoms with E-state index in [0.29, 0.717) is 6.04 Å². The van der Waals surface area contributed by atoms with Crippen LogP contribution in [0.4, 0.5) is 0 Å². The molecule has 1 aromatic rings. The molecule has 0 aromatic heterocycles. The molecule has 0 unspecified atom stereocenters. The number of rotatable bonds is 2. The Balaban J connectivity index is 1.75. The van der Waals surface area contributed by atoms with E-state index in [2.05, 4.69) is 16.7 Å². The summed E-state index contributed by atoms with van der Waals surface area (Å²) in [5.74, 6) is 0.118. The Kier molecular flexibility index (Phi) is 3.83. The van der Waals surface area contributed by atoms with Gasteiger partial charge < -0.3 is 10.6 Å².